The molecule has 0 fully saturated rings. The summed E-state index contributed by atoms with van der Waals surface area (Å²) in [6.45, 7) is 7.23. The molecule has 2 N–H and O–H groups in total. The minimum atomic E-state index is 0.685. The van der Waals surface area contributed by atoms with Crippen molar-refractivity contribution in [3.63, 3.8) is 0 Å². The number of hydrogen-bond acceptors (Lipinski definition) is 2. The van der Waals surface area contributed by atoms with E-state index in [0.29, 0.717) is 5.69 Å². The molecule has 56 valence electrons. The molecule has 0 aliphatic rings. The first kappa shape index (κ1) is 7.54. The van der Waals surface area contributed by atoms with Crippen molar-refractivity contribution < 1.29 is 0 Å². The van der Waals surface area contributed by atoms with Gasteiger partial charge in [0.1, 0.15) is 0 Å². The number of anilines is 1. The van der Waals surface area contributed by atoms with Gasteiger partial charge in [-0.3, -0.25) is 4.98 Å². The summed E-state index contributed by atoms with van der Waals surface area (Å²) in [6, 6.07) is 0. The van der Waals surface area contributed by atoms with Crippen LogP contribution >= 0.6 is 0 Å². The second-order valence-electron chi connectivity index (χ2n) is 2.14. The number of nitrogens with zero attached hydrogens (tertiary/aromatic N) is 1. The standard InChI is InChI=1S/C9H10N2/c1-3-7-5-11-6-8(4-2)9(7)10/h3-6H,1-2H2,(H2,10,11). The summed E-state index contributed by atoms with van der Waals surface area (Å²) in [6.07, 6.45) is 6.70. The number of pyridine rings is 1. The van der Waals surface area contributed by atoms with Crippen LogP contribution < -0.4 is 5.73 Å². The Labute approximate surface area is 66.1 Å². The van der Waals surface area contributed by atoms with Crippen molar-refractivity contribution in [1.82, 2.24) is 4.98 Å². The Balaban J connectivity index is 3.30. The van der Waals surface area contributed by atoms with Crippen molar-refractivity contribution in [3.8, 4) is 0 Å². The molecule has 0 bridgehead atoms. The number of nitrogen functional groups attached to an aromatic ring is 1. The third-order valence-corrected chi connectivity index (χ3v) is 1.49. The van der Waals surface area contributed by atoms with Crippen LogP contribution in [0.5, 0.6) is 0 Å². The van der Waals surface area contributed by atoms with Crippen molar-refractivity contribution in [2.45, 2.75) is 0 Å². The largest absolute Gasteiger partial charge is 0.398 e. The Morgan fingerprint density at radius 2 is 1.64 bits per heavy atom. The van der Waals surface area contributed by atoms with Gasteiger partial charge in [-0.05, 0) is 0 Å². The van der Waals surface area contributed by atoms with Crippen molar-refractivity contribution >= 4 is 17.8 Å². The Morgan fingerprint density at radius 1 is 1.18 bits per heavy atom. The molecule has 0 aliphatic heterocycles. The summed E-state index contributed by atoms with van der Waals surface area (Å²) in [5.74, 6) is 0. The molecule has 2 nitrogen and oxygen atoms in total. The quantitative estimate of drug-likeness (QED) is 0.692. The molecule has 1 heterocycles. The maximum absolute atomic E-state index is 5.72. The molecular formula is C9H10N2. The van der Waals surface area contributed by atoms with Gasteiger partial charge in [0.2, 0.25) is 0 Å². The van der Waals surface area contributed by atoms with E-state index in [1.54, 1.807) is 24.5 Å². The van der Waals surface area contributed by atoms with Crippen LogP contribution in [0.2, 0.25) is 0 Å². The molecule has 1 aromatic heterocycles. The first-order valence-corrected chi connectivity index (χ1v) is 3.28. The fourth-order valence-corrected chi connectivity index (χ4v) is 0.829. The van der Waals surface area contributed by atoms with Crippen molar-refractivity contribution in [3.05, 3.63) is 36.7 Å². The summed E-state index contributed by atoms with van der Waals surface area (Å²) in [5.41, 5.74) is 8.11. The minimum Gasteiger partial charge on any atom is -0.398 e. The summed E-state index contributed by atoms with van der Waals surface area (Å²) < 4.78 is 0. The fraction of sp³-hybridized carbons (Fsp3) is 0. The number of hydrogen-bond donors (Lipinski definition) is 1. The molecule has 2 heteroatoms. The lowest BCUT2D eigenvalue weighted by Gasteiger charge is -2.01. The van der Waals surface area contributed by atoms with E-state index in [1.807, 2.05) is 0 Å². The van der Waals surface area contributed by atoms with Gasteiger partial charge < -0.3 is 5.73 Å². The Morgan fingerprint density at radius 3 is 2.00 bits per heavy atom. The lowest BCUT2D eigenvalue weighted by atomic mass is 10.1. The topological polar surface area (TPSA) is 38.9 Å². The Hall–Kier alpha value is -1.57. The fourth-order valence-electron chi connectivity index (χ4n) is 0.829. The first-order valence-electron chi connectivity index (χ1n) is 3.28. The van der Waals surface area contributed by atoms with Gasteiger partial charge in [-0.25, -0.2) is 0 Å². The maximum atomic E-state index is 5.72. The van der Waals surface area contributed by atoms with Crippen LogP contribution in [0.1, 0.15) is 11.1 Å². The average Bonchev–Trinajstić information content (AvgIpc) is 2.05. The van der Waals surface area contributed by atoms with E-state index >= 15 is 0 Å². The number of aromatic nitrogens is 1. The Bertz CT molecular complexity index is 263. The Kier molecular flexibility index (Phi) is 2.06. The van der Waals surface area contributed by atoms with Crippen molar-refractivity contribution in [2.75, 3.05) is 5.73 Å². The maximum Gasteiger partial charge on any atom is 0.0492 e. The highest BCUT2D eigenvalue weighted by Gasteiger charge is 1.97. The number of rotatable bonds is 2. The van der Waals surface area contributed by atoms with Gasteiger partial charge in [0.05, 0.1) is 0 Å². The molecule has 0 spiro atoms. The lowest BCUT2D eigenvalue weighted by molar-refractivity contribution is 1.31. The summed E-state index contributed by atoms with van der Waals surface area (Å²) in [4.78, 5) is 3.96. The lowest BCUT2D eigenvalue weighted by Crippen LogP contribution is -1.93. The van der Waals surface area contributed by atoms with Crippen LogP contribution in [-0.4, -0.2) is 4.98 Å². The monoisotopic (exact) mass is 146 g/mol. The highest BCUT2D eigenvalue weighted by molar-refractivity contribution is 5.72. The van der Waals surface area contributed by atoms with Gasteiger partial charge in [-0.15, -0.1) is 0 Å². The first-order chi connectivity index (χ1) is 5.29. The SMILES string of the molecule is C=Cc1cncc(C=C)c1N. The summed E-state index contributed by atoms with van der Waals surface area (Å²) in [7, 11) is 0. The van der Waals surface area contributed by atoms with Gasteiger partial charge >= 0.3 is 0 Å². The van der Waals surface area contributed by atoms with Gasteiger partial charge in [0.25, 0.3) is 0 Å². The van der Waals surface area contributed by atoms with Crippen molar-refractivity contribution in [1.29, 1.82) is 0 Å². The zero-order valence-corrected chi connectivity index (χ0v) is 6.25. The normalized spacial score (nSPS) is 9.09. The molecule has 0 radical (unpaired) electrons. The molecule has 11 heavy (non-hydrogen) atoms. The van der Waals surface area contributed by atoms with Gasteiger partial charge in [0.15, 0.2) is 0 Å². The van der Waals surface area contributed by atoms with E-state index in [1.165, 1.54) is 0 Å². The van der Waals surface area contributed by atoms with Crippen LogP contribution in [0.25, 0.3) is 12.2 Å². The zero-order valence-electron chi connectivity index (χ0n) is 6.25. The molecule has 1 rings (SSSR count). The third kappa shape index (κ3) is 1.29. The third-order valence-electron chi connectivity index (χ3n) is 1.49. The molecule has 0 atom stereocenters. The van der Waals surface area contributed by atoms with Gasteiger partial charge in [-0.2, -0.15) is 0 Å². The van der Waals surface area contributed by atoms with Crippen LogP contribution in [0.4, 0.5) is 5.69 Å². The van der Waals surface area contributed by atoms with E-state index in [9.17, 15) is 0 Å². The van der Waals surface area contributed by atoms with E-state index in [-0.39, 0.29) is 0 Å². The van der Waals surface area contributed by atoms with Crippen LogP contribution in [0.15, 0.2) is 25.6 Å². The average molecular weight is 146 g/mol. The van der Waals surface area contributed by atoms with E-state index < -0.39 is 0 Å². The van der Waals surface area contributed by atoms with Gasteiger partial charge in [0, 0.05) is 29.2 Å². The van der Waals surface area contributed by atoms with E-state index in [4.69, 9.17) is 5.73 Å². The molecule has 1 aromatic rings. The molecule has 0 amide bonds. The predicted octanol–water partition coefficient (Wildman–Crippen LogP) is 1.95. The van der Waals surface area contributed by atoms with Crippen LogP contribution in [-0.2, 0) is 0 Å². The molecule has 0 unspecified atom stereocenters. The molecule has 0 aromatic carbocycles. The molecule has 0 saturated heterocycles. The van der Waals surface area contributed by atoms with E-state index in [0.717, 1.165) is 11.1 Å². The van der Waals surface area contributed by atoms with Crippen LogP contribution in [0, 0.1) is 0 Å². The highest BCUT2D eigenvalue weighted by atomic mass is 14.7. The molecule has 0 saturated carbocycles. The smallest absolute Gasteiger partial charge is 0.0492 e. The molecular weight excluding hydrogens is 136 g/mol. The predicted molar refractivity (Wildman–Crippen MR) is 48.8 cm³/mol. The second-order valence-corrected chi connectivity index (χ2v) is 2.14. The van der Waals surface area contributed by atoms with Gasteiger partial charge in [-0.1, -0.05) is 25.3 Å². The zero-order chi connectivity index (χ0) is 8.27. The minimum absolute atomic E-state index is 0.685. The molecule has 0 aliphatic carbocycles. The number of nitrogens with two attached hydrogens (primary N) is 1. The summed E-state index contributed by atoms with van der Waals surface area (Å²) in [5, 5.41) is 0. The van der Waals surface area contributed by atoms with Crippen LogP contribution in [0.3, 0.4) is 0 Å². The highest BCUT2D eigenvalue weighted by Crippen LogP contribution is 2.17. The van der Waals surface area contributed by atoms with E-state index in [2.05, 4.69) is 18.1 Å². The van der Waals surface area contributed by atoms with Crippen molar-refractivity contribution in [2.24, 2.45) is 0 Å². The second kappa shape index (κ2) is 3.01. The summed E-state index contributed by atoms with van der Waals surface area (Å²) >= 11 is 0.